The Morgan fingerprint density at radius 3 is 2.29 bits per heavy atom. The van der Waals surface area contributed by atoms with E-state index >= 15 is 0 Å². The Morgan fingerprint density at radius 1 is 0.974 bits per heavy atom. The molecule has 1 aliphatic carbocycles. The van der Waals surface area contributed by atoms with Gasteiger partial charge in [-0.2, -0.15) is 0 Å². The van der Waals surface area contributed by atoms with Crippen LogP contribution in [0.2, 0.25) is 15.1 Å². The van der Waals surface area contributed by atoms with Gasteiger partial charge >= 0.3 is 0 Å². The second kappa shape index (κ2) is 10.7. The number of likely N-dealkylation sites (tertiary alicyclic amines) is 2. The Bertz CT molecular complexity index is 1240. The molecule has 0 radical (unpaired) electrons. The van der Waals surface area contributed by atoms with Crippen molar-refractivity contribution in [2.45, 2.75) is 44.6 Å². The number of benzene rings is 1. The number of carbonyl (C=O) groups excluding carboxylic acids is 3. The van der Waals surface area contributed by atoms with Gasteiger partial charge in [-0.25, -0.2) is 4.98 Å². The highest BCUT2D eigenvalue weighted by Crippen LogP contribution is 2.47. The summed E-state index contributed by atoms with van der Waals surface area (Å²) in [5.41, 5.74) is 1.01. The molecule has 3 fully saturated rings. The third-order valence-corrected chi connectivity index (χ3v) is 9.35. The molecule has 10 heteroatoms. The van der Waals surface area contributed by atoms with Crippen molar-refractivity contribution in [2.75, 3.05) is 33.2 Å². The minimum atomic E-state index is -0.280. The lowest BCUT2D eigenvalue weighted by Crippen LogP contribution is -2.46. The number of likely N-dealkylation sites (N-methyl/N-ethyl adjacent to an activating group) is 1. The fourth-order valence-electron chi connectivity index (χ4n) is 5.63. The van der Waals surface area contributed by atoms with E-state index in [0.29, 0.717) is 54.1 Å². The Balaban J connectivity index is 1.33. The second-order valence-electron chi connectivity index (χ2n) is 11.0. The molecule has 202 valence electrons. The molecule has 7 nitrogen and oxygen atoms in total. The van der Waals surface area contributed by atoms with Gasteiger partial charge in [-0.05, 0) is 55.5 Å². The van der Waals surface area contributed by atoms with E-state index in [1.54, 1.807) is 30.1 Å². The van der Waals surface area contributed by atoms with E-state index in [9.17, 15) is 14.4 Å². The number of aromatic nitrogens is 1. The zero-order chi connectivity index (χ0) is 27.2. The second-order valence-corrected chi connectivity index (χ2v) is 12.2. The average Bonchev–Trinajstić information content (AvgIpc) is 3.52. The maximum Gasteiger partial charge on any atom is 0.272 e. The molecule has 3 heterocycles. The maximum atomic E-state index is 13.7. The van der Waals surface area contributed by atoms with E-state index in [2.05, 4.69) is 4.98 Å². The predicted octanol–water partition coefficient (Wildman–Crippen LogP) is 5.15. The van der Waals surface area contributed by atoms with Crippen LogP contribution >= 0.6 is 34.8 Å². The molecule has 2 aromatic rings. The molecular formula is C28H31Cl3N4O3. The molecule has 2 saturated heterocycles. The van der Waals surface area contributed by atoms with Crippen molar-refractivity contribution in [1.82, 2.24) is 19.7 Å². The number of nitrogens with zero attached hydrogens (tertiary/aromatic N) is 4. The van der Waals surface area contributed by atoms with Crippen molar-refractivity contribution < 1.29 is 14.4 Å². The molecule has 0 N–H and O–H groups in total. The van der Waals surface area contributed by atoms with Crippen molar-refractivity contribution in [3.8, 4) is 0 Å². The normalized spacial score (nSPS) is 22.9. The highest BCUT2D eigenvalue weighted by molar-refractivity contribution is 6.42. The Morgan fingerprint density at radius 2 is 1.68 bits per heavy atom. The van der Waals surface area contributed by atoms with Crippen LogP contribution in [0.25, 0.3) is 0 Å². The van der Waals surface area contributed by atoms with Gasteiger partial charge in [0.05, 0.1) is 21.1 Å². The quantitative estimate of drug-likeness (QED) is 0.493. The van der Waals surface area contributed by atoms with Gasteiger partial charge in [-0.1, -0.05) is 47.8 Å². The van der Waals surface area contributed by atoms with Crippen LogP contribution in [0.15, 0.2) is 36.5 Å². The molecule has 1 aromatic heterocycles. The number of amides is 3. The van der Waals surface area contributed by atoms with Crippen LogP contribution in [0.4, 0.5) is 0 Å². The predicted molar refractivity (Wildman–Crippen MR) is 148 cm³/mol. The smallest absolute Gasteiger partial charge is 0.272 e. The summed E-state index contributed by atoms with van der Waals surface area (Å²) in [7, 11) is 1.74. The molecule has 0 spiro atoms. The fraction of sp³-hybridized carbons (Fsp3) is 0.500. The van der Waals surface area contributed by atoms with Crippen molar-refractivity contribution >= 4 is 52.5 Å². The van der Waals surface area contributed by atoms with Crippen molar-refractivity contribution in [1.29, 1.82) is 0 Å². The van der Waals surface area contributed by atoms with Gasteiger partial charge in [0.2, 0.25) is 11.8 Å². The molecule has 3 aliphatic rings. The summed E-state index contributed by atoms with van der Waals surface area (Å²) >= 11 is 18.5. The first-order valence-corrected chi connectivity index (χ1v) is 14.1. The fourth-order valence-corrected chi connectivity index (χ4v) is 6.05. The first-order valence-electron chi connectivity index (χ1n) is 13.0. The van der Waals surface area contributed by atoms with Gasteiger partial charge in [0, 0.05) is 56.7 Å². The zero-order valence-corrected chi connectivity index (χ0v) is 23.8. The maximum absolute atomic E-state index is 13.7. The highest BCUT2D eigenvalue weighted by Gasteiger charge is 2.48. The summed E-state index contributed by atoms with van der Waals surface area (Å²) in [6, 6.07) is 8.42. The average molecular weight is 578 g/mol. The van der Waals surface area contributed by atoms with Crippen LogP contribution in [0, 0.1) is 11.3 Å². The van der Waals surface area contributed by atoms with Crippen LogP contribution in [0.5, 0.6) is 0 Å². The minimum absolute atomic E-state index is 0.0766. The molecule has 1 unspecified atom stereocenters. The van der Waals surface area contributed by atoms with Crippen LogP contribution in [-0.4, -0.2) is 76.7 Å². The molecule has 5 rings (SSSR count). The lowest BCUT2D eigenvalue weighted by atomic mass is 9.93. The number of hydrogen-bond acceptors (Lipinski definition) is 4. The van der Waals surface area contributed by atoms with Crippen LogP contribution < -0.4 is 0 Å². The third kappa shape index (κ3) is 5.38. The van der Waals surface area contributed by atoms with Crippen LogP contribution in [-0.2, 0) is 9.59 Å². The molecule has 2 aliphatic heterocycles. The summed E-state index contributed by atoms with van der Waals surface area (Å²) in [5, 5.41) is 1.34. The largest absolute Gasteiger partial charge is 0.342 e. The van der Waals surface area contributed by atoms with Crippen molar-refractivity contribution in [2.24, 2.45) is 11.3 Å². The third-order valence-electron chi connectivity index (χ3n) is 8.38. The van der Waals surface area contributed by atoms with Crippen LogP contribution in [0.1, 0.15) is 54.6 Å². The Labute approximate surface area is 238 Å². The first kappa shape index (κ1) is 27.2. The topological polar surface area (TPSA) is 73.8 Å². The van der Waals surface area contributed by atoms with E-state index in [1.165, 1.54) is 6.20 Å². The molecule has 38 heavy (non-hydrogen) atoms. The molecular weight excluding hydrogens is 547 g/mol. The highest BCUT2D eigenvalue weighted by atomic mass is 35.5. The van der Waals surface area contributed by atoms with Gasteiger partial charge in [0.1, 0.15) is 5.69 Å². The molecule has 3 amide bonds. The number of pyridine rings is 1. The number of carbonyl (C=O) groups is 3. The van der Waals surface area contributed by atoms with E-state index in [1.807, 2.05) is 28.9 Å². The lowest BCUT2D eigenvalue weighted by Gasteiger charge is -2.34. The Hall–Kier alpha value is -2.35. The minimum Gasteiger partial charge on any atom is -0.342 e. The van der Waals surface area contributed by atoms with E-state index < -0.39 is 0 Å². The molecule has 1 aromatic carbocycles. The zero-order valence-electron chi connectivity index (χ0n) is 21.5. The number of halogens is 3. The van der Waals surface area contributed by atoms with E-state index in [4.69, 9.17) is 34.8 Å². The van der Waals surface area contributed by atoms with Gasteiger partial charge in [0.25, 0.3) is 5.91 Å². The van der Waals surface area contributed by atoms with E-state index in [0.717, 1.165) is 18.4 Å². The molecule has 1 saturated carbocycles. The standard InChI is InChI=1S/C28H31Cl3N4O3/c1-28(9-10-28)27(38)34-11-7-17(8-12-34)25(36)35-15-20(18-3-5-21(30)22(31)13-18)24(16-35)33(2)26(37)23-6-4-19(29)14-32-23/h3-6,13-14,17,20,24H,7-12,15-16H2,1-2H3/t20?,24-/m0/s1. The summed E-state index contributed by atoms with van der Waals surface area (Å²) in [4.78, 5) is 49.4. The SMILES string of the molecule is CN(C(=O)c1ccc(Cl)cn1)[C@H]1CN(C(=O)C2CCN(C(=O)C3(C)CC3)CC2)CC1c1ccc(Cl)c(Cl)c1. The Kier molecular flexibility index (Phi) is 7.64. The summed E-state index contributed by atoms with van der Waals surface area (Å²) < 4.78 is 0. The van der Waals surface area contributed by atoms with Gasteiger partial charge in [-0.15, -0.1) is 0 Å². The molecule has 2 atom stereocenters. The summed E-state index contributed by atoms with van der Waals surface area (Å²) in [5.74, 6) is -0.232. The number of piperidine rings is 1. The van der Waals surface area contributed by atoms with Gasteiger partial charge in [-0.3, -0.25) is 14.4 Å². The van der Waals surface area contributed by atoms with E-state index in [-0.39, 0.29) is 46.7 Å². The molecule has 0 bridgehead atoms. The first-order chi connectivity index (χ1) is 18.1. The monoisotopic (exact) mass is 576 g/mol. The van der Waals surface area contributed by atoms with Crippen molar-refractivity contribution in [3.63, 3.8) is 0 Å². The summed E-state index contributed by atoms with van der Waals surface area (Å²) in [6.45, 7) is 4.11. The number of hydrogen-bond donors (Lipinski definition) is 0. The van der Waals surface area contributed by atoms with Gasteiger partial charge < -0.3 is 14.7 Å². The number of rotatable bonds is 5. The summed E-state index contributed by atoms with van der Waals surface area (Å²) in [6.07, 6.45) is 4.66. The van der Waals surface area contributed by atoms with Crippen LogP contribution in [0.3, 0.4) is 0 Å². The van der Waals surface area contributed by atoms with Crippen molar-refractivity contribution in [3.05, 3.63) is 62.9 Å². The lowest BCUT2D eigenvalue weighted by molar-refractivity contribution is -0.142. The van der Waals surface area contributed by atoms with Gasteiger partial charge in [0.15, 0.2) is 0 Å².